The summed E-state index contributed by atoms with van der Waals surface area (Å²) in [7, 11) is 0. The Morgan fingerprint density at radius 3 is 3.13 bits per heavy atom. The molecule has 1 aromatic heterocycles. The van der Waals surface area contributed by atoms with E-state index in [1.165, 1.54) is 12.8 Å². The molecule has 0 aromatic carbocycles. The number of nitrogens with one attached hydrogen (secondary N) is 1. The summed E-state index contributed by atoms with van der Waals surface area (Å²) in [6.45, 7) is 1.69. The number of ether oxygens (including phenoxy) is 1. The quantitative estimate of drug-likeness (QED) is 0.750. The van der Waals surface area contributed by atoms with Crippen molar-refractivity contribution in [2.75, 3.05) is 13.1 Å². The van der Waals surface area contributed by atoms with E-state index in [9.17, 15) is 4.79 Å². The molecule has 1 fully saturated rings. The van der Waals surface area contributed by atoms with E-state index >= 15 is 0 Å². The van der Waals surface area contributed by atoms with E-state index < -0.39 is 0 Å². The third-order valence-electron chi connectivity index (χ3n) is 2.35. The minimum atomic E-state index is -0.163. The van der Waals surface area contributed by atoms with Crippen LogP contribution < -0.4 is 5.32 Å². The van der Waals surface area contributed by atoms with Gasteiger partial charge in [-0.15, -0.1) is 11.3 Å². The maximum Gasteiger partial charge on any atom is 0.320 e. The molecule has 1 aromatic rings. The van der Waals surface area contributed by atoms with Gasteiger partial charge in [0.15, 0.2) is 0 Å². The molecule has 0 spiro atoms. The van der Waals surface area contributed by atoms with Crippen LogP contribution in [0.2, 0.25) is 0 Å². The Hall–Kier alpha value is -0.870. The third-order valence-corrected chi connectivity index (χ3v) is 3.20. The van der Waals surface area contributed by atoms with Gasteiger partial charge >= 0.3 is 5.97 Å². The number of hydrogen-bond acceptors (Lipinski definition) is 4. The molecule has 1 saturated carbocycles. The van der Waals surface area contributed by atoms with Gasteiger partial charge in [-0.3, -0.25) is 4.79 Å². The van der Waals surface area contributed by atoms with Crippen LogP contribution in [0, 0.1) is 5.92 Å². The molecule has 1 aliphatic carbocycles. The normalized spacial score (nSPS) is 15.2. The Labute approximate surface area is 93.4 Å². The predicted octanol–water partition coefficient (Wildman–Crippen LogP) is 1.79. The van der Waals surface area contributed by atoms with E-state index in [0.29, 0.717) is 13.2 Å². The van der Waals surface area contributed by atoms with Gasteiger partial charge in [0.25, 0.3) is 0 Å². The Balaban J connectivity index is 1.55. The molecule has 4 heteroatoms. The smallest absolute Gasteiger partial charge is 0.320 e. The third kappa shape index (κ3) is 4.01. The van der Waals surface area contributed by atoms with Crippen molar-refractivity contribution in [3.63, 3.8) is 0 Å². The molecular weight excluding hydrogens is 210 g/mol. The zero-order chi connectivity index (χ0) is 10.5. The first kappa shape index (κ1) is 10.6. The van der Waals surface area contributed by atoms with E-state index in [2.05, 4.69) is 5.32 Å². The fraction of sp³-hybridized carbons (Fsp3) is 0.545. The molecule has 0 bridgehead atoms. The summed E-state index contributed by atoms with van der Waals surface area (Å²) >= 11 is 1.61. The van der Waals surface area contributed by atoms with Crippen LogP contribution in [0.25, 0.3) is 0 Å². The second-order valence-corrected chi connectivity index (χ2v) is 4.85. The van der Waals surface area contributed by atoms with Crippen LogP contribution in [-0.4, -0.2) is 19.1 Å². The van der Waals surface area contributed by atoms with Crippen molar-refractivity contribution in [2.24, 2.45) is 5.92 Å². The van der Waals surface area contributed by atoms with E-state index in [-0.39, 0.29) is 5.97 Å². The molecule has 15 heavy (non-hydrogen) atoms. The Morgan fingerprint density at radius 2 is 2.47 bits per heavy atom. The fourth-order valence-electron chi connectivity index (χ4n) is 1.30. The maximum absolute atomic E-state index is 11.3. The lowest BCUT2D eigenvalue weighted by Gasteiger charge is -2.04. The summed E-state index contributed by atoms with van der Waals surface area (Å²) in [6.07, 6.45) is 2.61. The van der Waals surface area contributed by atoms with Crippen LogP contribution in [0.15, 0.2) is 17.5 Å². The van der Waals surface area contributed by atoms with Gasteiger partial charge in [-0.2, -0.15) is 0 Å². The van der Waals surface area contributed by atoms with Crippen molar-refractivity contribution in [3.8, 4) is 0 Å². The minimum absolute atomic E-state index is 0.163. The first-order valence-corrected chi connectivity index (χ1v) is 6.11. The van der Waals surface area contributed by atoms with Gasteiger partial charge in [0, 0.05) is 4.88 Å². The van der Waals surface area contributed by atoms with Crippen molar-refractivity contribution >= 4 is 17.3 Å². The second kappa shape index (κ2) is 5.28. The van der Waals surface area contributed by atoms with Crippen molar-refractivity contribution < 1.29 is 9.53 Å². The van der Waals surface area contributed by atoms with Gasteiger partial charge in [-0.25, -0.2) is 0 Å². The van der Waals surface area contributed by atoms with Crippen LogP contribution in [0.1, 0.15) is 17.7 Å². The molecule has 1 aliphatic rings. The zero-order valence-electron chi connectivity index (χ0n) is 8.57. The number of thiophene rings is 1. The lowest BCUT2D eigenvalue weighted by atomic mass is 10.4. The average Bonchev–Trinajstić information content (AvgIpc) is 2.91. The predicted molar refractivity (Wildman–Crippen MR) is 59.7 cm³/mol. The Kier molecular flexibility index (Phi) is 3.75. The summed E-state index contributed by atoms with van der Waals surface area (Å²) < 4.78 is 5.10. The summed E-state index contributed by atoms with van der Waals surface area (Å²) in [5, 5.41) is 5.09. The summed E-state index contributed by atoms with van der Waals surface area (Å²) in [4.78, 5) is 12.3. The molecule has 0 atom stereocenters. The van der Waals surface area contributed by atoms with E-state index in [0.717, 1.165) is 17.3 Å². The van der Waals surface area contributed by atoms with E-state index in [1.54, 1.807) is 11.3 Å². The lowest BCUT2D eigenvalue weighted by Crippen LogP contribution is -2.26. The molecule has 2 rings (SSSR count). The largest absolute Gasteiger partial charge is 0.459 e. The van der Waals surface area contributed by atoms with Gasteiger partial charge in [0.05, 0.1) is 6.54 Å². The summed E-state index contributed by atoms with van der Waals surface area (Å²) in [6, 6.07) is 3.93. The van der Waals surface area contributed by atoms with E-state index in [4.69, 9.17) is 4.74 Å². The number of carbonyl (C=O) groups excluding carboxylic acids is 1. The standard InChI is InChI=1S/C11H15NO2S/c13-11(7-12-6-9-3-4-9)14-8-10-2-1-5-15-10/h1-2,5,9,12H,3-4,6-8H2. The number of rotatable bonds is 6. The Bertz CT molecular complexity index is 306. The van der Waals surface area contributed by atoms with Gasteiger partial charge in [0.2, 0.25) is 0 Å². The lowest BCUT2D eigenvalue weighted by molar-refractivity contribution is -0.143. The van der Waals surface area contributed by atoms with Crippen LogP contribution in [-0.2, 0) is 16.1 Å². The van der Waals surface area contributed by atoms with Crippen molar-refractivity contribution in [1.29, 1.82) is 0 Å². The number of hydrogen-bond donors (Lipinski definition) is 1. The van der Waals surface area contributed by atoms with Crippen LogP contribution >= 0.6 is 11.3 Å². The maximum atomic E-state index is 11.3. The minimum Gasteiger partial charge on any atom is -0.459 e. The molecule has 82 valence electrons. The molecule has 1 N–H and O–H groups in total. The fourth-order valence-corrected chi connectivity index (χ4v) is 1.91. The Morgan fingerprint density at radius 1 is 1.60 bits per heavy atom. The molecule has 0 unspecified atom stereocenters. The average molecular weight is 225 g/mol. The van der Waals surface area contributed by atoms with Crippen molar-refractivity contribution in [2.45, 2.75) is 19.4 Å². The SMILES string of the molecule is O=C(CNCC1CC1)OCc1cccs1. The molecule has 0 amide bonds. The van der Waals surface area contributed by atoms with Crippen LogP contribution in [0.5, 0.6) is 0 Å². The highest BCUT2D eigenvalue weighted by molar-refractivity contribution is 7.09. The van der Waals surface area contributed by atoms with Crippen LogP contribution in [0.4, 0.5) is 0 Å². The number of esters is 1. The molecule has 1 heterocycles. The van der Waals surface area contributed by atoms with E-state index in [1.807, 2.05) is 17.5 Å². The summed E-state index contributed by atoms with van der Waals surface area (Å²) in [5.74, 6) is 0.638. The monoisotopic (exact) mass is 225 g/mol. The highest BCUT2D eigenvalue weighted by atomic mass is 32.1. The first-order valence-electron chi connectivity index (χ1n) is 5.23. The second-order valence-electron chi connectivity index (χ2n) is 3.81. The van der Waals surface area contributed by atoms with Crippen LogP contribution in [0.3, 0.4) is 0 Å². The zero-order valence-corrected chi connectivity index (χ0v) is 9.39. The molecule has 3 nitrogen and oxygen atoms in total. The highest BCUT2D eigenvalue weighted by Gasteiger charge is 2.20. The van der Waals surface area contributed by atoms with Gasteiger partial charge < -0.3 is 10.1 Å². The van der Waals surface area contributed by atoms with Gasteiger partial charge in [0.1, 0.15) is 6.61 Å². The molecular formula is C11H15NO2S. The van der Waals surface area contributed by atoms with Crippen molar-refractivity contribution in [3.05, 3.63) is 22.4 Å². The molecule has 0 aliphatic heterocycles. The first-order chi connectivity index (χ1) is 7.34. The van der Waals surface area contributed by atoms with Crippen molar-refractivity contribution in [1.82, 2.24) is 5.32 Å². The number of carbonyl (C=O) groups is 1. The molecule has 0 radical (unpaired) electrons. The van der Waals surface area contributed by atoms with Gasteiger partial charge in [-0.05, 0) is 36.8 Å². The topological polar surface area (TPSA) is 38.3 Å². The summed E-state index contributed by atoms with van der Waals surface area (Å²) in [5.41, 5.74) is 0. The highest BCUT2D eigenvalue weighted by Crippen LogP contribution is 2.27. The molecule has 0 saturated heterocycles. The van der Waals surface area contributed by atoms with Gasteiger partial charge in [-0.1, -0.05) is 6.07 Å².